The molecule has 0 amide bonds. The third-order valence-corrected chi connectivity index (χ3v) is 6.89. The highest BCUT2D eigenvalue weighted by Gasteiger charge is 2.27. The fourth-order valence-corrected chi connectivity index (χ4v) is 4.82. The summed E-state index contributed by atoms with van der Waals surface area (Å²) in [4.78, 5) is 0. The van der Waals surface area contributed by atoms with Crippen LogP contribution in [-0.2, 0) is 6.42 Å². The highest BCUT2D eigenvalue weighted by atomic mass is 35.5. The Hall–Kier alpha value is -5.19. The van der Waals surface area contributed by atoms with Crippen LogP contribution in [0.2, 0.25) is 5.02 Å². The van der Waals surface area contributed by atoms with Gasteiger partial charge in [0.2, 0.25) is 5.69 Å². The molecule has 0 aliphatic carbocycles. The molecular weight excluding hydrogens is 601 g/mol. The smallest absolute Gasteiger partial charge is 0.333 e. The lowest BCUT2D eigenvalue weighted by atomic mass is 10.0. The molecule has 0 N–H and O–H groups in total. The zero-order valence-corrected chi connectivity index (χ0v) is 22.2. The molecule has 0 saturated heterocycles. The first-order valence-corrected chi connectivity index (χ1v) is 12.7. The molecule has 0 radical (unpaired) electrons. The maximum absolute atomic E-state index is 15.3. The first-order chi connectivity index (χ1) is 20.7. The Morgan fingerprint density at radius 3 is 2.42 bits per heavy atom. The summed E-state index contributed by atoms with van der Waals surface area (Å²) in [7, 11) is 0. The maximum atomic E-state index is 15.3. The molecule has 0 fully saturated rings. The summed E-state index contributed by atoms with van der Waals surface area (Å²) in [5, 5.41) is 35.8. The van der Waals surface area contributed by atoms with Crippen molar-refractivity contribution in [3.05, 3.63) is 101 Å². The van der Waals surface area contributed by atoms with E-state index in [0.717, 1.165) is 12.4 Å². The minimum atomic E-state index is -2.91. The van der Waals surface area contributed by atoms with Crippen LogP contribution in [-0.4, -0.2) is 49.5 Å². The summed E-state index contributed by atoms with van der Waals surface area (Å²) < 4.78 is 72.6. The van der Waals surface area contributed by atoms with Gasteiger partial charge < -0.3 is 5.21 Å². The predicted molar refractivity (Wildman–Crippen MR) is 139 cm³/mol. The third kappa shape index (κ3) is 5.29. The van der Waals surface area contributed by atoms with Crippen molar-refractivity contribution >= 4 is 11.6 Å². The van der Waals surface area contributed by atoms with E-state index in [1.165, 1.54) is 70.8 Å². The van der Waals surface area contributed by atoms with Gasteiger partial charge in [-0.05, 0) is 40.3 Å². The van der Waals surface area contributed by atoms with Crippen LogP contribution >= 0.6 is 11.6 Å². The molecule has 0 unspecified atom stereocenters. The largest absolute Gasteiger partial charge is 0.618 e. The molecule has 0 aliphatic heterocycles. The Kier molecular flexibility index (Phi) is 7.31. The molecule has 43 heavy (non-hydrogen) atoms. The van der Waals surface area contributed by atoms with Crippen molar-refractivity contribution in [1.82, 2.24) is 49.5 Å². The molecule has 12 nitrogen and oxygen atoms in total. The number of benzene rings is 1. The minimum Gasteiger partial charge on any atom is -0.618 e. The van der Waals surface area contributed by atoms with Crippen molar-refractivity contribution in [2.45, 2.75) is 25.6 Å². The number of rotatable bonds is 9. The molecule has 0 saturated carbocycles. The zero-order chi connectivity index (χ0) is 30.2. The number of nitrogens with zero attached hydrogens (tertiary/aromatic N) is 11. The lowest BCUT2D eigenvalue weighted by Gasteiger charge is -2.18. The molecule has 0 bridgehead atoms. The van der Waals surface area contributed by atoms with Gasteiger partial charge in [0.05, 0.1) is 39.9 Å². The number of aromatic nitrogens is 11. The van der Waals surface area contributed by atoms with E-state index in [0.29, 0.717) is 19.7 Å². The van der Waals surface area contributed by atoms with Crippen LogP contribution in [0.25, 0.3) is 28.1 Å². The summed E-state index contributed by atoms with van der Waals surface area (Å²) >= 11 is 6.04. The van der Waals surface area contributed by atoms with E-state index in [9.17, 15) is 22.8 Å². The summed E-state index contributed by atoms with van der Waals surface area (Å²) in [6, 6.07) is 6.14. The van der Waals surface area contributed by atoms with Crippen LogP contribution in [0, 0.1) is 11.0 Å². The Labute approximate surface area is 242 Å². The van der Waals surface area contributed by atoms with Crippen LogP contribution in [0.5, 0.6) is 0 Å². The highest BCUT2D eigenvalue weighted by Crippen LogP contribution is 2.34. The normalized spacial score (nSPS) is 12.5. The van der Waals surface area contributed by atoms with Gasteiger partial charge in [-0.25, -0.2) is 13.8 Å². The fourth-order valence-electron chi connectivity index (χ4n) is 4.66. The minimum absolute atomic E-state index is 0.0368. The second-order valence-electron chi connectivity index (χ2n) is 9.15. The van der Waals surface area contributed by atoms with Crippen molar-refractivity contribution < 1.29 is 26.7 Å². The van der Waals surface area contributed by atoms with Crippen molar-refractivity contribution in [1.29, 1.82) is 0 Å². The van der Waals surface area contributed by atoms with E-state index in [1.54, 1.807) is 0 Å². The highest BCUT2D eigenvalue weighted by molar-refractivity contribution is 6.31. The van der Waals surface area contributed by atoms with Gasteiger partial charge in [0.15, 0.2) is 12.0 Å². The van der Waals surface area contributed by atoms with Crippen LogP contribution in [0.4, 0.5) is 22.0 Å². The molecular formula is C25H17ClF5N11O. The number of hydrogen-bond donors (Lipinski definition) is 0. The van der Waals surface area contributed by atoms with Gasteiger partial charge in [0, 0.05) is 36.6 Å². The molecule has 0 spiro atoms. The standard InChI is InChI=1S/C25H17ClF5N11O/c26-17-2-4-20(40-13-32-36-37-40)22(23(17)27)15-1-3-19(41(43)12-15)21(7-14-8-34-39(10-14)24(28)29)38-11-16(9-35-38)18-5-6-33-42(18)25(30)31/h1-6,8-13,21,24-25H,7H2/t21-/m1/s1. The Morgan fingerprint density at radius 1 is 0.907 bits per heavy atom. The van der Waals surface area contributed by atoms with Crippen molar-refractivity contribution in [3.63, 3.8) is 0 Å². The number of pyridine rings is 1. The molecule has 5 heterocycles. The summed E-state index contributed by atoms with van der Waals surface area (Å²) in [6.45, 7) is -5.80. The van der Waals surface area contributed by atoms with E-state index in [1.807, 2.05) is 0 Å². The molecule has 6 rings (SSSR count). The quantitative estimate of drug-likeness (QED) is 0.132. The molecule has 1 aromatic carbocycles. The lowest BCUT2D eigenvalue weighted by molar-refractivity contribution is -0.615. The van der Waals surface area contributed by atoms with Gasteiger partial charge in [0.1, 0.15) is 12.4 Å². The van der Waals surface area contributed by atoms with Crippen molar-refractivity contribution in [2.24, 2.45) is 0 Å². The van der Waals surface area contributed by atoms with Crippen LogP contribution in [0.3, 0.4) is 0 Å². The van der Waals surface area contributed by atoms with E-state index >= 15 is 4.39 Å². The van der Waals surface area contributed by atoms with Crippen LogP contribution in [0.1, 0.15) is 30.4 Å². The number of halogens is 6. The maximum Gasteiger partial charge on any atom is 0.333 e. The second-order valence-corrected chi connectivity index (χ2v) is 9.56. The molecule has 6 aromatic rings. The van der Waals surface area contributed by atoms with Crippen LogP contribution < -0.4 is 4.73 Å². The van der Waals surface area contributed by atoms with Crippen LogP contribution in [0.15, 0.2) is 73.8 Å². The zero-order valence-electron chi connectivity index (χ0n) is 21.5. The molecule has 18 heteroatoms. The third-order valence-electron chi connectivity index (χ3n) is 6.60. The van der Waals surface area contributed by atoms with E-state index in [4.69, 9.17) is 11.6 Å². The molecule has 5 aromatic heterocycles. The van der Waals surface area contributed by atoms with Crippen molar-refractivity contribution in [2.75, 3.05) is 0 Å². The van der Waals surface area contributed by atoms with Gasteiger partial charge in [-0.2, -0.15) is 42.3 Å². The van der Waals surface area contributed by atoms with Crippen molar-refractivity contribution in [3.8, 4) is 28.1 Å². The lowest BCUT2D eigenvalue weighted by Crippen LogP contribution is -2.36. The Bertz CT molecular complexity index is 1890. The fraction of sp³-hybridized carbons (Fsp3) is 0.160. The SMILES string of the molecule is [O-][n+]1cc(-c2c(-n3cnnn3)ccc(Cl)c2F)ccc1[C@@H](Cc1cnn(C(F)F)c1)n1cc(-c2ccnn2C(F)F)cn1. The van der Waals surface area contributed by atoms with E-state index in [-0.39, 0.29) is 45.2 Å². The summed E-state index contributed by atoms with van der Waals surface area (Å²) in [5.41, 5.74) is 1.06. The van der Waals surface area contributed by atoms with Gasteiger partial charge >= 0.3 is 13.1 Å². The van der Waals surface area contributed by atoms with Gasteiger partial charge in [0.25, 0.3) is 0 Å². The Balaban J connectivity index is 1.43. The monoisotopic (exact) mass is 617 g/mol. The number of alkyl halides is 4. The van der Waals surface area contributed by atoms with Gasteiger partial charge in [-0.3, -0.25) is 4.68 Å². The van der Waals surface area contributed by atoms with E-state index < -0.39 is 25.0 Å². The molecule has 220 valence electrons. The molecule has 0 aliphatic rings. The topological polar surface area (TPSA) is 124 Å². The van der Waals surface area contributed by atoms with Gasteiger partial charge in [-0.1, -0.05) is 11.6 Å². The Morgan fingerprint density at radius 2 is 1.72 bits per heavy atom. The average molecular weight is 618 g/mol. The summed E-state index contributed by atoms with van der Waals surface area (Å²) in [6.07, 6.45) is 8.62. The van der Waals surface area contributed by atoms with E-state index in [2.05, 4.69) is 30.8 Å². The first kappa shape index (κ1) is 28.0. The molecule has 1 atom stereocenters. The van der Waals surface area contributed by atoms with Gasteiger partial charge in [-0.15, -0.1) is 5.10 Å². The predicted octanol–water partition coefficient (Wildman–Crippen LogP) is 4.63. The second kappa shape index (κ2) is 11.2. The summed E-state index contributed by atoms with van der Waals surface area (Å²) in [5.74, 6) is -0.814. The average Bonchev–Trinajstić information content (AvgIpc) is 3.79. The number of hydrogen-bond acceptors (Lipinski definition) is 7. The number of tetrazole rings is 1. The first-order valence-electron chi connectivity index (χ1n) is 12.3.